The summed E-state index contributed by atoms with van der Waals surface area (Å²) in [6.07, 6.45) is 7.93. The van der Waals surface area contributed by atoms with Gasteiger partial charge in [-0.2, -0.15) is 24.9 Å². The first-order valence-electron chi connectivity index (χ1n) is 14.4. The van der Waals surface area contributed by atoms with E-state index in [-0.39, 0.29) is 20.1 Å². The van der Waals surface area contributed by atoms with Gasteiger partial charge in [-0.05, 0) is 48.5 Å². The fourth-order valence-corrected chi connectivity index (χ4v) is 5.46. The summed E-state index contributed by atoms with van der Waals surface area (Å²) in [7, 11) is 2.00. The largest absolute Gasteiger partial charge is 3.00 e. The molecule has 7 rings (SSSR count). The maximum absolute atomic E-state index is 5.99. The molecule has 218 valence electrons. The molecule has 4 aromatic carbocycles. The molecule has 0 fully saturated rings. The van der Waals surface area contributed by atoms with Gasteiger partial charge < -0.3 is 18.8 Å². The van der Waals surface area contributed by atoms with Gasteiger partial charge in [0, 0.05) is 29.1 Å². The average molecular weight is 744 g/mol. The molecule has 1 aliphatic heterocycles. The van der Waals surface area contributed by atoms with Gasteiger partial charge in [-0.25, -0.2) is 0 Å². The van der Waals surface area contributed by atoms with Gasteiger partial charge in [0.1, 0.15) is 5.58 Å². The van der Waals surface area contributed by atoms with Crippen molar-refractivity contribution in [3.05, 3.63) is 134 Å². The Kier molecular flexibility index (Phi) is 9.19. The van der Waals surface area contributed by atoms with Crippen molar-refractivity contribution in [2.45, 2.75) is 39.5 Å². The van der Waals surface area contributed by atoms with Crippen LogP contribution in [0.5, 0.6) is 0 Å². The van der Waals surface area contributed by atoms with Crippen molar-refractivity contribution in [1.82, 2.24) is 14.5 Å². The van der Waals surface area contributed by atoms with E-state index in [2.05, 4.69) is 85.9 Å². The summed E-state index contributed by atoms with van der Waals surface area (Å²) in [6, 6.07) is 33.3. The number of rotatable bonds is 5. The first-order chi connectivity index (χ1) is 20.4. The van der Waals surface area contributed by atoms with E-state index in [0.29, 0.717) is 11.8 Å². The molecule has 0 saturated heterocycles. The van der Waals surface area contributed by atoms with Crippen molar-refractivity contribution in [2.75, 3.05) is 11.9 Å². The molecule has 0 unspecified atom stereocenters. The molecule has 0 spiro atoms. The van der Waals surface area contributed by atoms with Crippen LogP contribution in [0.2, 0.25) is 0 Å². The Bertz CT molecular complexity index is 1830. The van der Waals surface area contributed by atoms with Crippen LogP contribution in [0.4, 0.5) is 5.69 Å². The van der Waals surface area contributed by atoms with Crippen molar-refractivity contribution >= 4 is 27.6 Å². The van der Waals surface area contributed by atoms with Gasteiger partial charge in [0.15, 0.2) is 0 Å². The molecule has 0 bridgehead atoms. The minimum absolute atomic E-state index is 0. The molecule has 3 heterocycles. The normalized spacial score (nSPS) is 12.7. The number of furan rings is 1. The fourth-order valence-electron chi connectivity index (χ4n) is 5.46. The fraction of sp³-hybridized carbons (Fsp3) is 0.189. The van der Waals surface area contributed by atoms with Gasteiger partial charge in [0.2, 0.25) is 0 Å². The first kappa shape index (κ1) is 30.3. The van der Waals surface area contributed by atoms with Gasteiger partial charge in [0.25, 0.3) is 0 Å². The Balaban J connectivity index is 0.000000170. The Hall–Kier alpha value is -4.12. The second kappa shape index (κ2) is 13.0. The van der Waals surface area contributed by atoms with Gasteiger partial charge >= 0.3 is 20.1 Å². The van der Waals surface area contributed by atoms with Crippen molar-refractivity contribution in [2.24, 2.45) is 0 Å². The zero-order valence-electron chi connectivity index (χ0n) is 25.1. The maximum atomic E-state index is 5.99. The zero-order chi connectivity index (χ0) is 29.2. The molecular formula is C37H35IrN4O. The Morgan fingerprint density at radius 3 is 2.21 bits per heavy atom. The maximum Gasteiger partial charge on any atom is 3.00 e. The molecule has 43 heavy (non-hydrogen) atoms. The van der Waals surface area contributed by atoms with Crippen LogP contribution in [0.3, 0.4) is 0 Å². The third kappa shape index (κ3) is 6.04. The number of hydrogen-bond acceptors (Lipinski definition) is 4. The molecule has 0 aliphatic carbocycles. The summed E-state index contributed by atoms with van der Waals surface area (Å²) < 4.78 is 8.20. The molecule has 6 aromatic rings. The van der Waals surface area contributed by atoms with E-state index in [9.17, 15) is 0 Å². The number of benzene rings is 4. The number of hydrogen-bond donors (Lipinski definition) is 0. The standard InChI is InChI=1S/C21H23N2.C16H12N2O.Ir/c1-15(2)18-11-8-12-19(16(3)4)20(18)23-14-13-22-21(23)17-9-6-5-7-10-17;1-17-9-10-18(11-17)14-7-4-6-13-12-5-2-3-8-15(12)19-16(13)14;/h5-9,11-16H,1-4H3;2-6,8-11H,1H3;/q-1;-2;+3. The summed E-state index contributed by atoms with van der Waals surface area (Å²) in [5.74, 6) is 1.86. The van der Waals surface area contributed by atoms with Crippen molar-refractivity contribution in [3.63, 3.8) is 0 Å². The van der Waals surface area contributed by atoms with Gasteiger partial charge in [-0.1, -0.05) is 75.2 Å². The second-order valence-corrected chi connectivity index (χ2v) is 11.1. The summed E-state index contributed by atoms with van der Waals surface area (Å²) >= 11 is 0. The van der Waals surface area contributed by atoms with Crippen LogP contribution < -0.4 is 4.90 Å². The Labute approximate surface area is 267 Å². The van der Waals surface area contributed by atoms with Gasteiger partial charge in [0.05, 0.1) is 5.82 Å². The number of aromatic nitrogens is 2. The van der Waals surface area contributed by atoms with Crippen LogP contribution in [-0.4, -0.2) is 21.5 Å². The topological polar surface area (TPSA) is 37.4 Å². The van der Waals surface area contributed by atoms with Crippen LogP contribution in [0.1, 0.15) is 50.7 Å². The van der Waals surface area contributed by atoms with Crippen LogP contribution in [0.25, 0.3) is 39.0 Å². The minimum atomic E-state index is 0. The van der Waals surface area contributed by atoms with E-state index in [0.717, 1.165) is 39.0 Å². The predicted molar refractivity (Wildman–Crippen MR) is 172 cm³/mol. The molecule has 0 N–H and O–H groups in total. The van der Waals surface area contributed by atoms with E-state index in [4.69, 9.17) is 4.42 Å². The van der Waals surface area contributed by atoms with Crippen molar-refractivity contribution in [1.29, 1.82) is 0 Å². The summed E-state index contributed by atoms with van der Waals surface area (Å²) in [5.41, 5.74) is 7.72. The number of imidazole rings is 1. The SMILES string of the molecule is CC(C)c1cccc(C(C)C)c1-n1ccnc1-c1[c-]cccc1.CN1C=CN(c2[c-]ccc3c2oc2ccccc23)[CH-]1.[Ir+3]. The summed E-state index contributed by atoms with van der Waals surface area (Å²) in [6.45, 7) is 11.0. The van der Waals surface area contributed by atoms with Gasteiger partial charge in [-0.3, -0.25) is 4.98 Å². The van der Waals surface area contributed by atoms with E-state index in [1.54, 1.807) is 0 Å². The molecule has 0 saturated carbocycles. The summed E-state index contributed by atoms with van der Waals surface area (Å²) in [5, 5.41) is 2.27. The number of fused-ring (bicyclic) bond motifs is 3. The molecule has 0 amide bonds. The molecule has 2 aromatic heterocycles. The minimum Gasteiger partial charge on any atom is -0.514 e. The van der Waals surface area contributed by atoms with Crippen LogP contribution in [0, 0.1) is 18.8 Å². The molecule has 1 aliphatic rings. The van der Waals surface area contributed by atoms with Crippen LogP contribution in [0.15, 0.2) is 108 Å². The number of nitrogens with zero attached hydrogens (tertiary/aromatic N) is 4. The molecule has 0 atom stereocenters. The van der Waals surface area contributed by atoms with E-state index < -0.39 is 0 Å². The van der Waals surface area contributed by atoms with E-state index in [1.807, 2.05) is 90.6 Å². The molecular weight excluding hydrogens is 709 g/mol. The molecule has 0 radical (unpaired) electrons. The monoisotopic (exact) mass is 744 g/mol. The van der Waals surface area contributed by atoms with Crippen molar-refractivity contribution < 1.29 is 24.5 Å². The number of anilines is 1. The quantitative estimate of drug-likeness (QED) is 0.165. The third-order valence-electron chi connectivity index (χ3n) is 7.52. The molecule has 5 nitrogen and oxygen atoms in total. The Morgan fingerprint density at radius 1 is 0.791 bits per heavy atom. The predicted octanol–water partition coefficient (Wildman–Crippen LogP) is 9.31. The number of para-hydroxylation sites is 2. The van der Waals surface area contributed by atoms with Crippen LogP contribution >= 0.6 is 0 Å². The first-order valence-corrected chi connectivity index (χ1v) is 14.4. The second-order valence-electron chi connectivity index (χ2n) is 11.1. The van der Waals surface area contributed by atoms with E-state index in [1.165, 1.54) is 16.8 Å². The van der Waals surface area contributed by atoms with Crippen LogP contribution in [-0.2, 0) is 20.1 Å². The Morgan fingerprint density at radius 2 is 1.53 bits per heavy atom. The molecule has 6 heteroatoms. The average Bonchev–Trinajstić information content (AvgIpc) is 3.76. The summed E-state index contributed by atoms with van der Waals surface area (Å²) in [4.78, 5) is 8.61. The van der Waals surface area contributed by atoms with Crippen molar-refractivity contribution in [3.8, 4) is 17.1 Å². The van der Waals surface area contributed by atoms with E-state index >= 15 is 0 Å². The third-order valence-corrected chi connectivity index (χ3v) is 7.52. The smallest absolute Gasteiger partial charge is 0.514 e. The van der Waals surface area contributed by atoms with Gasteiger partial charge in [-0.15, -0.1) is 35.9 Å². The zero-order valence-corrected chi connectivity index (χ0v) is 27.5.